The second-order valence-corrected chi connectivity index (χ2v) is 6.28. The zero-order valence-corrected chi connectivity index (χ0v) is 12.6. The molecule has 0 aliphatic carbocycles. The summed E-state index contributed by atoms with van der Waals surface area (Å²) < 4.78 is 1.95. The second kappa shape index (κ2) is 5.24. The van der Waals surface area contributed by atoms with Crippen LogP contribution < -0.4 is 5.32 Å². The molecule has 18 heavy (non-hydrogen) atoms. The minimum atomic E-state index is 0.889. The zero-order chi connectivity index (χ0) is 13.3. The van der Waals surface area contributed by atoms with E-state index in [0.717, 1.165) is 18.8 Å². The monoisotopic (exact) mass is 263 g/mol. The lowest BCUT2D eigenvalue weighted by molar-refractivity contribution is 0.683. The average molecular weight is 263 g/mol. The van der Waals surface area contributed by atoms with Gasteiger partial charge in [-0.25, -0.2) is 0 Å². The second-order valence-electron chi connectivity index (χ2n) is 4.82. The van der Waals surface area contributed by atoms with Crippen molar-refractivity contribution < 1.29 is 0 Å². The predicted molar refractivity (Wildman–Crippen MR) is 77.0 cm³/mol. The van der Waals surface area contributed by atoms with Crippen molar-refractivity contribution in [2.75, 3.05) is 0 Å². The highest BCUT2D eigenvalue weighted by Gasteiger charge is 2.09. The van der Waals surface area contributed by atoms with Crippen LogP contribution in [0.1, 0.15) is 32.3 Å². The number of thiophene rings is 1. The Balaban J connectivity index is 1.98. The van der Waals surface area contributed by atoms with Gasteiger partial charge < -0.3 is 5.32 Å². The highest BCUT2D eigenvalue weighted by Crippen LogP contribution is 2.20. The van der Waals surface area contributed by atoms with Gasteiger partial charge in [-0.15, -0.1) is 11.3 Å². The molecule has 0 saturated carbocycles. The minimum Gasteiger partial charge on any atom is -0.308 e. The van der Waals surface area contributed by atoms with Crippen molar-refractivity contribution in [2.24, 2.45) is 7.05 Å². The van der Waals surface area contributed by atoms with Gasteiger partial charge in [-0.2, -0.15) is 5.10 Å². The molecule has 2 rings (SSSR count). The number of hydrogen-bond donors (Lipinski definition) is 1. The molecular formula is C14H21N3S. The van der Waals surface area contributed by atoms with E-state index in [0.29, 0.717) is 0 Å². The summed E-state index contributed by atoms with van der Waals surface area (Å²) in [5, 5.41) is 7.96. The zero-order valence-electron chi connectivity index (χ0n) is 11.8. The van der Waals surface area contributed by atoms with Gasteiger partial charge in [0.2, 0.25) is 0 Å². The molecule has 2 aromatic heterocycles. The highest BCUT2D eigenvalue weighted by molar-refractivity contribution is 7.12. The Labute approximate surface area is 113 Å². The van der Waals surface area contributed by atoms with Gasteiger partial charge in [0, 0.05) is 41.1 Å². The summed E-state index contributed by atoms with van der Waals surface area (Å²) >= 11 is 1.87. The Hall–Kier alpha value is -1.13. The molecule has 3 nitrogen and oxygen atoms in total. The lowest BCUT2D eigenvalue weighted by Gasteiger charge is -2.05. The van der Waals surface area contributed by atoms with Crippen molar-refractivity contribution in [3.8, 4) is 0 Å². The number of hydrogen-bond acceptors (Lipinski definition) is 3. The van der Waals surface area contributed by atoms with E-state index in [4.69, 9.17) is 0 Å². The van der Waals surface area contributed by atoms with Gasteiger partial charge in [0.1, 0.15) is 0 Å². The summed E-state index contributed by atoms with van der Waals surface area (Å²) in [6, 6.07) is 2.27. The Kier molecular flexibility index (Phi) is 3.88. The Morgan fingerprint density at radius 1 is 1.22 bits per heavy atom. The molecule has 0 amide bonds. The Morgan fingerprint density at radius 3 is 2.44 bits per heavy atom. The fraction of sp³-hybridized carbons (Fsp3) is 0.500. The molecule has 2 heterocycles. The average Bonchev–Trinajstić information content (AvgIpc) is 2.73. The van der Waals surface area contributed by atoms with Gasteiger partial charge >= 0.3 is 0 Å². The van der Waals surface area contributed by atoms with Gasteiger partial charge in [0.15, 0.2) is 0 Å². The standard InChI is InChI=1S/C14H21N3S/c1-9-6-13(12(4)18-9)7-15-8-14-10(2)16-17(5)11(14)3/h6,15H,7-8H2,1-5H3. The SMILES string of the molecule is Cc1cc(CNCc2c(C)nn(C)c2C)c(C)s1. The molecule has 2 aromatic rings. The summed E-state index contributed by atoms with van der Waals surface area (Å²) in [4.78, 5) is 2.80. The number of rotatable bonds is 4. The first-order valence-corrected chi connectivity index (χ1v) is 7.06. The van der Waals surface area contributed by atoms with Crippen molar-refractivity contribution in [1.29, 1.82) is 0 Å². The quantitative estimate of drug-likeness (QED) is 0.919. The van der Waals surface area contributed by atoms with Crippen molar-refractivity contribution >= 4 is 11.3 Å². The smallest absolute Gasteiger partial charge is 0.0641 e. The topological polar surface area (TPSA) is 29.9 Å². The van der Waals surface area contributed by atoms with Gasteiger partial charge in [-0.3, -0.25) is 4.68 Å². The molecule has 0 atom stereocenters. The van der Waals surface area contributed by atoms with Gasteiger partial charge in [0.25, 0.3) is 0 Å². The predicted octanol–water partition coefficient (Wildman–Crippen LogP) is 3.01. The van der Waals surface area contributed by atoms with E-state index in [-0.39, 0.29) is 0 Å². The van der Waals surface area contributed by atoms with Crippen LogP contribution in [0.2, 0.25) is 0 Å². The van der Waals surface area contributed by atoms with Crippen molar-refractivity contribution in [3.63, 3.8) is 0 Å². The molecule has 0 spiro atoms. The van der Waals surface area contributed by atoms with Crippen LogP contribution >= 0.6 is 11.3 Å². The van der Waals surface area contributed by atoms with Gasteiger partial charge in [-0.1, -0.05) is 0 Å². The molecule has 1 N–H and O–H groups in total. The van der Waals surface area contributed by atoms with Crippen LogP contribution in [0, 0.1) is 27.7 Å². The molecular weight excluding hydrogens is 242 g/mol. The van der Waals surface area contributed by atoms with Gasteiger partial charge in [-0.05, 0) is 39.3 Å². The molecule has 0 fully saturated rings. The first-order valence-electron chi connectivity index (χ1n) is 6.24. The molecule has 0 aliphatic heterocycles. The maximum Gasteiger partial charge on any atom is 0.0641 e. The number of aryl methyl sites for hydroxylation is 4. The van der Waals surface area contributed by atoms with Crippen LogP contribution in [0.4, 0.5) is 0 Å². The van der Waals surface area contributed by atoms with E-state index in [1.807, 2.05) is 23.1 Å². The fourth-order valence-corrected chi connectivity index (χ4v) is 3.20. The highest BCUT2D eigenvalue weighted by atomic mass is 32.1. The molecule has 0 radical (unpaired) electrons. The van der Waals surface area contributed by atoms with Crippen molar-refractivity contribution in [1.82, 2.24) is 15.1 Å². The molecule has 0 aromatic carbocycles. The number of nitrogens with one attached hydrogen (secondary N) is 1. The molecule has 0 aliphatic rings. The van der Waals surface area contributed by atoms with Crippen LogP contribution in [-0.2, 0) is 20.1 Å². The third-order valence-electron chi connectivity index (χ3n) is 3.42. The number of nitrogens with zero attached hydrogens (tertiary/aromatic N) is 2. The minimum absolute atomic E-state index is 0.889. The van der Waals surface area contributed by atoms with E-state index in [9.17, 15) is 0 Å². The summed E-state index contributed by atoms with van der Waals surface area (Å²) in [5.41, 5.74) is 5.11. The normalized spacial score (nSPS) is 11.2. The molecule has 0 saturated heterocycles. The van der Waals surface area contributed by atoms with Crippen LogP contribution in [-0.4, -0.2) is 9.78 Å². The van der Waals surface area contributed by atoms with Crippen LogP contribution in [0.25, 0.3) is 0 Å². The van der Waals surface area contributed by atoms with E-state index in [2.05, 4.69) is 44.2 Å². The van der Waals surface area contributed by atoms with E-state index >= 15 is 0 Å². The molecule has 0 unspecified atom stereocenters. The van der Waals surface area contributed by atoms with Crippen molar-refractivity contribution in [2.45, 2.75) is 40.8 Å². The van der Waals surface area contributed by atoms with E-state index in [1.54, 1.807) is 0 Å². The molecule has 98 valence electrons. The van der Waals surface area contributed by atoms with E-state index in [1.165, 1.54) is 26.6 Å². The first kappa shape index (κ1) is 13.3. The summed E-state index contributed by atoms with van der Waals surface area (Å²) in [6.45, 7) is 10.4. The van der Waals surface area contributed by atoms with E-state index < -0.39 is 0 Å². The van der Waals surface area contributed by atoms with Crippen LogP contribution in [0.5, 0.6) is 0 Å². The fourth-order valence-electron chi connectivity index (χ4n) is 2.25. The van der Waals surface area contributed by atoms with Gasteiger partial charge in [0.05, 0.1) is 5.69 Å². The summed E-state index contributed by atoms with van der Waals surface area (Å²) in [6.07, 6.45) is 0. The third-order valence-corrected chi connectivity index (χ3v) is 4.43. The summed E-state index contributed by atoms with van der Waals surface area (Å²) in [7, 11) is 2.00. The number of aromatic nitrogens is 2. The van der Waals surface area contributed by atoms with Crippen LogP contribution in [0.15, 0.2) is 6.07 Å². The maximum atomic E-state index is 4.44. The Morgan fingerprint density at radius 2 is 1.94 bits per heavy atom. The third kappa shape index (κ3) is 2.65. The van der Waals surface area contributed by atoms with Crippen molar-refractivity contribution in [3.05, 3.63) is 38.3 Å². The summed E-state index contributed by atoms with van der Waals surface area (Å²) in [5.74, 6) is 0. The molecule has 0 bridgehead atoms. The van der Waals surface area contributed by atoms with Crippen LogP contribution in [0.3, 0.4) is 0 Å². The largest absolute Gasteiger partial charge is 0.308 e. The first-order chi connectivity index (χ1) is 8.49. The lowest BCUT2D eigenvalue weighted by Crippen LogP contribution is -2.14. The Bertz CT molecular complexity index is 552. The lowest BCUT2D eigenvalue weighted by atomic mass is 10.2. The maximum absolute atomic E-state index is 4.44. The molecule has 4 heteroatoms.